The van der Waals surface area contributed by atoms with Crippen LogP contribution in [0.5, 0.6) is 0 Å². The Morgan fingerprint density at radius 2 is 1.34 bits per heavy atom. The summed E-state index contributed by atoms with van der Waals surface area (Å²) in [6.07, 6.45) is 7.17. The van der Waals surface area contributed by atoms with Gasteiger partial charge in [0.05, 0.1) is 17.9 Å². The molecule has 6 rings (SSSR count). The lowest BCUT2D eigenvalue weighted by Crippen LogP contribution is -2.27. The Bertz CT molecular complexity index is 2110. The highest BCUT2D eigenvalue weighted by Crippen LogP contribution is 2.24. The topological polar surface area (TPSA) is 164 Å². The maximum Gasteiger partial charge on any atom is 0.435 e. The second-order valence-corrected chi connectivity index (χ2v) is 13.3. The third kappa shape index (κ3) is 9.82. The lowest BCUT2D eigenvalue weighted by Gasteiger charge is -2.19. The first-order chi connectivity index (χ1) is 23.6. The Morgan fingerprint density at radius 3 is 2.00 bits per heavy atom. The Morgan fingerprint density at radius 1 is 0.720 bits per heavy atom. The van der Waals surface area contributed by atoms with E-state index in [0.29, 0.717) is 17.2 Å². The van der Waals surface area contributed by atoms with Gasteiger partial charge in [-0.3, -0.25) is 0 Å². The number of rotatable bonds is 5. The van der Waals surface area contributed by atoms with Crippen LogP contribution >= 0.6 is 11.6 Å². The van der Waals surface area contributed by atoms with E-state index in [4.69, 9.17) is 21.1 Å². The summed E-state index contributed by atoms with van der Waals surface area (Å²) >= 11 is 5.77. The number of carbonyl (C=O) groups is 2. The van der Waals surface area contributed by atoms with E-state index in [2.05, 4.69) is 40.8 Å². The fourth-order valence-electron chi connectivity index (χ4n) is 4.41. The van der Waals surface area contributed by atoms with Gasteiger partial charge < -0.3 is 20.1 Å². The quantitative estimate of drug-likeness (QED) is 0.166. The van der Waals surface area contributed by atoms with Crippen LogP contribution in [-0.2, 0) is 9.47 Å². The van der Waals surface area contributed by atoms with E-state index in [0.717, 1.165) is 33.7 Å². The van der Waals surface area contributed by atoms with E-state index in [9.17, 15) is 9.59 Å². The van der Waals surface area contributed by atoms with Gasteiger partial charge in [0.1, 0.15) is 28.7 Å². The molecule has 0 aliphatic carbocycles. The zero-order valence-electron chi connectivity index (χ0n) is 28.7. The van der Waals surface area contributed by atoms with Crippen LogP contribution in [0.15, 0.2) is 85.6 Å². The number of benzene rings is 2. The van der Waals surface area contributed by atoms with Gasteiger partial charge in [-0.1, -0.05) is 12.1 Å². The third-order valence-corrected chi connectivity index (χ3v) is 6.64. The van der Waals surface area contributed by atoms with Gasteiger partial charge in [0, 0.05) is 40.9 Å². The molecule has 0 unspecified atom stereocenters. The van der Waals surface area contributed by atoms with E-state index in [1.807, 2.05) is 90.9 Å². The molecular weight excluding hydrogens is 660 g/mol. The summed E-state index contributed by atoms with van der Waals surface area (Å²) in [5, 5.41) is 15.5. The van der Waals surface area contributed by atoms with Crippen LogP contribution in [0.2, 0.25) is 5.28 Å². The van der Waals surface area contributed by atoms with Gasteiger partial charge in [-0.15, -0.1) is 0 Å². The summed E-state index contributed by atoms with van der Waals surface area (Å²) in [7, 11) is 0. The molecule has 2 aromatic carbocycles. The third-order valence-electron chi connectivity index (χ3n) is 6.46. The lowest BCUT2D eigenvalue weighted by molar-refractivity contribution is 0.0507. The number of aryl methyl sites for hydroxylation is 1. The minimum absolute atomic E-state index is 0.166. The van der Waals surface area contributed by atoms with Crippen LogP contribution in [0.1, 0.15) is 47.4 Å². The van der Waals surface area contributed by atoms with Crippen molar-refractivity contribution in [1.82, 2.24) is 39.5 Å². The second-order valence-electron chi connectivity index (χ2n) is 13.0. The first-order valence-electron chi connectivity index (χ1n) is 15.5. The van der Waals surface area contributed by atoms with Gasteiger partial charge in [0.2, 0.25) is 5.28 Å². The minimum atomic E-state index is -0.580. The molecule has 4 heterocycles. The minimum Gasteiger partial charge on any atom is -0.442 e. The Hall–Kier alpha value is -5.89. The maximum atomic E-state index is 12.2. The molecule has 4 aromatic heterocycles. The fraction of sp³-hybridized carbons (Fsp3) is 0.257. The summed E-state index contributed by atoms with van der Waals surface area (Å²) < 4.78 is 13.1. The highest BCUT2D eigenvalue weighted by atomic mass is 35.5. The predicted molar refractivity (Wildman–Crippen MR) is 191 cm³/mol. The number of hydrogen-bond donors (Lipinski definition) is 2. The lowest BCUT2D eigenvalue weighted by atomic mass is 10.1. The summed E-state index contributed by atoms with van der Waals surface area (Å²) in [5.74, 6) is 2.03. The molecule has 0 spiro atoms. The zero-order chi connectivity index (χ0) is 36.1. The molecule has 0 aliphatic heterocycles. The number of carbonyl (C=O) groups excluding carboxylic acids is 2. The van der Waals surface area contributed by atoms with Gasteiger partial charge in [0.15, 0.2) is 0 Å². The first kappa shape index (κ1) is 35.4. The van der Waals surface area contributed by atoms with Crippen molar-refractivity contribution in [2.24, 2.45) is 0 Å². The molecule has 0 atom stereocenters. The van der Waals surface area contributed by atoms with Crippen molar-refractivity contribution < 1.29 is 19.1 Å². The Kier molecular flexibility index (Phi) is 10.4. The molecule has 0 radical (unpaired) electrons. The maximum absolute atomic E-state index is 12.2. The van der Waals surface area contributed by atoms with Gasteiger partial charge >= 0.3 is 12.2 Å². The standard InChI is InChI=1S/C19H21N5O2.C16H16ClN5O2/c1-13-20-10-9-17(22-13)23-16-7-5-14(6-8-16)15-11-21-24(12-15)18(25)26-19(2,3)4;1-16(2,3)24-15(23)22-12-5-4-11(8-10(12)9-19-22)20-13-6-7-18-14(17)21-13/h5-12H,1-4H3,(H,20,22,23);4-9H,1-3H3,(H,18,20,21). The molecule has 0 amide bonds. The molecule has 258 valence electrons. The van der Waals surface area contributed by atoms with Crippen molar-refractivity contribution >= 4 is 57.7 Å². The van der Waals surface area contributed by atoms with Crippen LogP contribution < -0.4 is 10.6 Å². The SMILES string of the molecule is CC(C)(C)OC(=O)n1ncc2cc(Nc3ccnc(Cl)n3)ccc21.Cc1nccc(Nc2ccc(-c3cnn(C(=O)OC(C)(C)C)c3)cc2)n1. The van der Waals surface area contributed by atoms with Crippen molar-refractivity contribution in [2.75, 3.05) is 10.6 Å². The van der Waals surface area contributed by atoms with Crippen LogP contribution in [0.3, 0.4) is 0 Å². The van der Waals surface area contributed by atoms with Crippen LogP contribution in [-0.4, -0.2) is 62.9 Å². The summed E-state index contributed by atoms with van der Waals surface area (Å²) in [5.41, 5.74) is 3.01. The second kappa shape index (κ2) is 14.7. The molecule has 0 saturated carbocycles. The number of halogens is 1. The number of nitrogens with one attached hydrogen (secondary N) is 2. The number of aromatic nitrogens is 8. The number of nitrogens with zero attached hydrogens (tertiary/aromatic N) is 8. The molecule has 6 aromatic rings. The molecule has 0 bridgehead atoms. The van der Waals surface area contributed by atoms with E-state index in [-0.39, 0.29) is 5.28 Å². The van der Waals surface area contributed by atoms with E-state index in [1.54, 1.807) is 43.1 Å². The number of hydrogen-bond acceptors (Lipinski definition) is 12. The summed E-state index contributed by atoms with van der Waals surface area (Å²) in [4.78, 5) is 40.5. The van der Waals surface area contributed by atoms with Gasteiger partial charge in [-0.25, -0.2) is 29.5 Å². The van der Waals surface area contributed by atoms with Crippen LogP contribution in [0, 0.1) is 6.92 Å². The fourth-order valence-corrected chi connectivity index (χ4v) is 4.56. The van der Waals surface area contributed by atoms with Crippen LogP contribution in [0.4, 0.5) is 32.6 Å². The molecule has 15 heteroatoms. The summed E-state index contributed by atoms with van der Waals surface area (Å²) in [6.45, 7) is 12.7. The van der Waals surface area contributed by atoms with Crippen molar-refractivity contribution in [3.63, 3.8) is 0 Å². The molecule has 14 nitrogen and oxygen atoms in total. The zero-order valence-corrected chi connectivity index (χ0v) is 29.4. The average Bonchev–Trinajstić information content (AvgIpc) is 3.68. The molecule has 50 heavy (non-hydrogen) atoms. The van der Waals surface area contributed by atoms with Crippen molar-refractivity contribution in [3.05, 3.63) is 96.7 Å². The highest BCUT2D eigenvalue weighted by molar-refractivity contribution is 6.28. The van der Waals surface area contributed by atoms with E-state index in [1.165, 1.54) is 9.36 Å². The van der Waals surface area contributed by atoms with E-state index >= 15 is 0 Å². The summed E-state index contributed by atoms with van der Waals surface area (Å²) in [6, 6.07) is 16.8. The largest absolute Gasteiger partial charge is 0.442 e. The van der Waals surface area contributed by atoms with Gasteiger partial charge in [-0.2, -0.15) is 19.6 Å². The molecule has 0 saturated heterocycles. The van der Waals surface area contributed by atoms with Crippen LogP contribution in [0.25, 0.3) is 22.0 Å². The molecule has 2 N–H and O–H groups in total. The molecule has 0 aliphatic rings. The normalized spacial score (nSPS) is 11.4. The highest BCUT2D eigenvalue weighted by Gasteiger charge is 2.21. The smallest absolute Gasteiger partial charge is 0.435 e. The number of fused-ring (bicyclic) bond motifs is 1. The average molecular weight is 697 g/mol. The first-order valence-corrected chi connectivity index (χ1v) is 15.9. The van der Waals surface area contributed by atoms with Crippen molar-refractivity contribution in [1.29, 1.82) is 0 Å². The van der Waals surface area contributed by atoms with E-state index < -0.39 is 23.4 Å². The van der Waals surface area contributed by atoms with Crippen molar-refractivity contribution in [3.8, 4) is 11.1 Å². The van der Waals surface area contributed by atoms with Gasteiger partial charge in [-0.05, 0) is 108 Å². The Labute approximate surface area is 293 Å². The number of ether oxygens (including phenoxy) is 2. The molecular formula is C35H37ClN10O4. The van der Waals surface area contributed by atoms with Gasteiger partial charge in [0.25, 0.3) is 0 Å². The monoisotopic (exact) mass is 696 g/mol. The van der Waals surface area contributed by atoms with Crippen molar-refractivity contribution in [2.45, 2.75) is 59.7 Å². The molecule has 0 fully saturated rings. The Balaban J connectivity index is 0.000000195. The predicted octanol–water partition coefficient (Wildman–Crippen LogP) is 8.18. The number of anilines is 4.